The van der Waals surface area contributed by atoms with Gasteiger partial charge in [0.2, 0.25) is 0 Å². The van der Waals surface area contributed by atoms with Crippen molar-refractivity contribution in [2.45, 2.75) is 31.2 Å². The largest absolute Gasteiger partial charge is 0.252 e. The third-order valence-electron chi connectivity index (χ3n) is 1.78. The van der Waals surface area contributed by atoms with Crippen molar-refractivity contribution in [2.75, 3.05) is 0 Å². The van der Waals surface area contributed by atoms with Gasteiger partial charge in [-0.15, -0.1) is 2.52 Å². The Kier molecular flexibility index (Phi) is 3.78. The van der Waals surface area contributed by atoms with Gasteiger partial charge in [0.15, 0.2) is 0 Å². The van der Waals surface area contributed by atoms with E-state index in [2.05, 4.69) is 0 Å². The Labute approximate surface area is 105 Å². The lowest BCUT2D eigenvalue weighted by molar-refractivity contribution is 0.400. The molecule has 1 aromatic carbocycles. The first-order valence-corrected chi connectivity index (χ1v) is 6.93. The van der Waals surface area contributed by atoms with Crippen molar-refractivity contribution in [2.24, 2.45) is 0 Å². The fraction of sp³-hybridized carbons (Fsp3) is 0.400. The van der Waals surface area contributed by atoms with Gasteiger partial charge in [-0.3, -0.25) is 0 Å². The van der Waals surface area contributed by atoms with Crippen molar-refractivity contribution in [1.29, 1.82) is 0 Å². The van der Waals surface area contributed by atoms with Crippen LogP contribution in [0.25, 0.3) is 0 Å². The van der Waals surface area contributed by atoms with Crippen LogP contribution in [0.5, 0.6) is 0 Å². The minimum atomic E-state index is -3.38. The Morgan fingerprint density at radius 2 is 1.60 bits per heavy atom. The van der Waals surface area contributed by atoms with E-state index >= 15 is 0 Å². The van der Waals surface area contributed by atoms with Crippen LogP contribution in [0.15, 0.2) is 35.2 Å². The van der Waals surface area contributed by atoms with Crippen LogP contribution in [0.3, 0.4) is 0 Å². The van der Waals surface area contributed by atoms with Crippen LogP contribution < -0.4 is 0 Å². The third-order valence-corrected chi connectivity index (χ3v) is 6.62. The summed E-state index contributed by atoms with van der Waals surface area (Å²) in [5, 5.41) is 0. The minimum absolute atomic E-state index is 0.328. The van der Waals surface area contributed by atoms with Crippen LogP contribution in [0.4, 0.5) is 0 Å². The molecule has 0 heterocycles. The summed E-state index contributed by atoms with van der Waals surface area (Å²) in [5.74, 6) is 0. The van der Waals surface area contributed by atoms with Crippen LogP contribution in [-0.4, -0.2) is 16.5 Å². The molecule has 0 amide bonds. The van der Waals surface area contributed by atoms with Gasteiger partial charge in [0.25, 0.3) is 10.0 Å². The van der Waals surface area contributed by atoms with Crippen LogP contribution in [0.1, 0.15) is 20.8 Å². The molecule has 0 saturated carbocycles. The van der Waals surface area contributed by atoms with Crippen LogP contribution in [0, 0.1) is 0 Å². The second-order valence-corrected chi connectivity index (χ2v) is 7.61. The van der Waals surface area contributed by atoms with E-state index < -0.39 is 15.6 Å². The molecule has 5 heteroatoms. The van der Waals surface area contributed by atoms with Gasteiger partial charge < -0.3 is 0 Å². The molecule has 1 aromatic rings. The molecule has 0 fully saturated rings. The molecule has 0 atom stereocenters. The number of rotatable bonds is 2. The number of halogens is 1. The number of nitrogens with zero attached hydrogens (tertiary/aromatic N) is 1. The second kappa shape index (κ2) is 4.39. The molecule has 0 bridgehead atoms. The van der Waals surface area contributed by atoms with Gasteiger partial charge in [0.1, 0.15) is 0 Å². The lowest BCUT2D eigenvalue weighted by atomic mass is 10.1. The molecule has 0 unspecified atom stereocenters. The number of sulfonamides is 1. The summed E-state index contributed by atoms with van der Waals surface area (Å²) >= 11 is 1.84. The SMILES string of the molecule is CC(C)(C)N(I)S(=O)(=O)c1ccccc1. The van der Waals surface area contributed by atoms with Gasteiger partial charge in [-0.25, -0.2) is 8.42 Å². The molecule has 0 spiro atoms. The van der Waals surface area contributed by atoms with Crippen molar-refractivity contribution in [3.63, 3.8) is 0 Å². The maximum absolute atomic E-state index is 12.1. The van der Waals surface area contributed by atoms with E-state index in [1.165, 1.54) is 2.52 Å². The normalized spacial score (nSPS) is 13.1. The fourth-order valence-electron chi connectivity index (χ4n) is 1.05. The fourth-order valence-corrected chi connectivity index (χ4v) is 3.14. The number of hydrogen-bond donors (Lipinski definition) is 0. The summed E-state index contributed by atoms with van der Waals surface area (Å²) in [7, 11) is -3.38. The lowest BCUT2D eigenvalue weighted by Crippen LogP contribution is -2.37. The zero-order valence-electron chi connectivity index (χ0n) is 8.94. The highest BCUT2D eigenvalue weighted by Crippen LogP contribution is 2.27. The predicted octanol–water partition coefficient (Wildman–Crippen LogP) is 2.83. The smallest absolute Gasteiger partial charge is 0.206 e. The molecule has 0 N–H and O–H groups in total. The highest BCUT2D eigenvalue weighted by atomic mass is 127. The van der Waals surface area contributed by atoms with Gasteiger partial charge in [-0.1, -0.05) is 18.2 Å². The lowest BCUT2D eigenvalue weighted by Gasteiger charge is -2.28. The van der Waals surface area contributed by atoms with E-state index in [1.807, 2.05) is 43.6 Å². The van der Waals surface area contributed by atoms with Gasteiger partial charge in [0, 0.05) is 28.4 Å². The van der Waals surface area contributed by atoms with E-state index in [4.69, 9.17) is 0 Å². The van der Waals surface area contributed by atoms with Crippen molar-refractivity contribution in [3.8, 4) is 0 Å². The Balaban J connectivity index is 3.16. The molecular formula is C10H14INO2S. The summed E-state index contributed by atoms with van der Waals surface area (Å²) in [4.78, 5) is 0.328. The highest BCUT2D eigenvalue weighted by molar-refractivity contribution is 14.1. The standard InChI is InChI=1S/C10H14INO2S/c1-10(2,3)12(11)15(13,14)9-7-5-4-6-8-9/h4-8H,1-3H3. The van der Waals surface area contributed by atoms with E-state index in [-0.39, 0.29) is 0 Å². The molecule has 1 rings (SSSR count). The average Bonchev–Trinajstić information content (AvgIpc) is 2.16. The summed E-state index contributed by atoms with van der Waals surface area (Å²) in [5.41, 5.74) is -0.421. The second-order valence-electron chi connectivity index (χ2n) is 4.20. The molecular weight excluding hydrogens is 325 g/mol. The van der Waals surface area contributed by atoms with Gasteiger partial charge in [-0.05, 0) is 32.9 Å². The topological polar surface area (TPSA) is 37.4 Å². The molecule has 0 aliphatic rings. The van der Waals surface area contributed by atoms with E-state index in [0.717, 1.165) is 0 Å². The van der Waals surface area contributed by atoms with Crippen LogP contribution in [0.2, 0.25) is 0 Å². The summed E-state index contributed by atoms with van der Waals surface area (Å²) < 4.78 is 25.5. The van der Waals surface area contributed by atoms with Crippen LogP contribution in [-0.2, 0) is 10.0 Å². The Hall–Kier alpha value is -0.140. The summed E-state index contributed by atoms with van der Waals surface area (Å²) in [6.07, 6.45) is 0. The highest BCUT2D eigenvalue weighted by Gasteiger charge is 2.31. The Morgan fingerprint density at radius 1 is 1.13 bits per heavy atom. The molecule has 15 heavy (non-hydrogen) atoms. The van der Waals surface area contributed by atoms with Crippen LogP contribution >= 0.6 is 22.9 Å². The maximum Gasteiger partial charge on any atom is 0.252 e. The van der Waals surface area contributed by atoms with E-state index in [1.54, 1.807) is 30.3 Å². The quantitative estimate of drug-likeness (QED) is 0.614. The monoisotopic (exact) mass is 339 g/mol. The zero-order chi connectivity index (χ0) is 11.7. The van der Waals surface area contributed by atoms with Crippen molar-refractivity contribution < 1.29 is 8.42 Å². The first-order valence-electron chi connectivity index (χ1n) is 4.52. The van der Waals surface area contributed by atoms with Crippen molar-refractivity contribution in [1.82, 2.24) is 2.52 Å². The molecule has 84 valence electrons. The van der Waals surface area contributed by atoms with E-state index in [9.17, 15) is 8.42 Å². The van der Waals surface area contributed by atoms with Crippen molar-refractivity contribution in [3.05, 3.63) is 30.3 Å². The first kappa shape index (κ1) is 12.9. The molecule has 0 aliphatic heterocycles. The van der Waals surface area contributed by atoms with Gasteiger partial charge in [-0.2, -0.15) is 0 Å². The molecule has 0 aliphatic carbocycles. The first-order chi connectivity index (χ1) is 6.76. The van der Waals surface area contributed by atoms with E-state index in [0.29, 0.717) is 4.90 Å². The van der Waals surface area contributed by atoms with Crippen molar-refractivity contribution >= 4 is 32.9 Å². The molecule has 0 saturated heterocycles. The minimum Gasteiger partial charge on any atom is -0.206 e. The Bertz CT molecular complexity index is 422. The molecule has 0 radical (unpaired) electrons. The molecule has 3 nitrogen and oxygen atoms in total. The maximum atomic E-state index is 12.1. The van der Waals surface area contributed by atoms with Gasteiger partial charge >= 0.3 is 0 Å². The average molecular weight is 339 g/mol. The number of benzene rings is 1. The summed E-state index contributed by atoms with van der Waals surface area (Å²) in [6, 6.07) is 8.45. The molecule has 0 aromatic heterocycles. The predicted molar refractivity (Wildman–Crippen MR) is 69.2 cm³/mol. The number of hydrogen-bond acceptors (Lipinski definition) is 2. The third kappa shape index (κ3) is 2.92. The summed E-state index contributed by atoms with van der Waals surface area (Å²) in [6.45, 7) is 5.58. The zero-order valence-corrected chi connectivity index (χ0v) is 11.9. The Morgan fingerprint density at radius 3 is 2.00 bits per heavy atom. The van der Waals surface area contributed by atoms with Gasteiger partial charge in [0.05, 0.1) is 4.90 Å².